The molecule has 0 unspecified atom stereocenters. The lowest BCUT2D eigenvalue weighted by atomic mass is 10.0. The van der Waals surface area contributed by atoms with Crippen LogP contribution in [-0.2, 0) is 13.2 Å². The smallest absolute Gasteiger partial charge is 0.308 e. The van der Waals surface area contributed by atoms with Gasteiger partial charge in [-0.15, -0.1) is 0 Å². The molecule has 0 radical (unpaired) electrons. The molecular weight excluding hydrogens is 381 g/mol. The van der Waals surface area contributed by atoms with Crippen LogP contribution >= 0.6 is 11.6 Å². The van der Waals surface area contributed by atoms with Crippen LogP contribution in [0, 0.1) is 6.08 Å². The Morgan fingerprint density at radius 1 is 1.14 bits per heavy atom. The minimum absolute atomic E-state index is 0.214. The van der Waals surface area contributed by atoms with Gasteiger partial charge in [-0.3, -0.25) is 0 Å². The number of aliphatic hydroxyl groups excluding tert-OH is 1. The summed E-state index contributed by atoms with van der Waals surface area (Å²) < 4.78 is 20.6. The number of hydrogen-bond donors (Lipinski definition) is 1. The second kappa shape index (κ2) is 7.58. The first-order valence-electron chi connectivity index (χ1n) is 8.63. The van der Waals surface area contributed by atoms with Crippen LogP contribution in [0.3, 0.4) is 0 Å². The average molecular weight is 398 g/mol. The number of aliphatic hydroxyl groups is 1. The van der Waals surface area contributed by atoms with Crippen LogP contribution in [0.2, 0.25) is 5.02 Å². The summed E-state index contributed by atoms with van der Waals surface area (Å²) in [5, 5.41) is 11.7. The molecule has 0 fully saturated rings. The van der Waals surface area contributed by atoms with E-state index in [4.69, 9.17) is 16.3 Å². The molecule has 4 rings (SSSR count). The van der Waals surface area contributed by atoms with Crippen molar-refractivity contribution in [3.63, 3.8) is 0 Å². The molecule has 0 saturated heterocycles. The van der Waals surface area contributed by atoms with E-state index in [-0.39, 0.29) is 6.61 Å². The lowest BCUT2D eigenvalue weighted by molar-refractivity contribution is 0.273. The van der Waals surface area contributed by atoms with E-state index in [9.17, 15) is 9.50 Å². The van der Waals surface area contributed by atoms with Crippen LogP contribution in [0.1, 0.15) is 11.3 Å². The number of fused-ring (bicyclic) bond motifs is 1. The molecule has 5 nitrogen and oxygen atoms in total. The van der Waals surface area contributed by atoms with Crippen LogP contribution in [-0.4, -0.2) is 26.8 Å². The summed E-state index contributed by atoms with van der Waals surface area (Å²) in [6.45, 7) is 0.259. The van der Waals surface area contributed by atoms with Gasteiger partial charge in [-0.05, 0) is 29.8 Å². The van der Waals surface area contributed by atoms with Crippen molar-refractivity contribution in [2.45, 2.75) is 13.2 Å². The van der Waals surface area contributed by atoms with Gasteiger partial charge in [0.1, 0.15) is 5.75 Å². The molecule has 2 aromatic carbocycles. The number of nitrogens with zero attached hydrogens (tertiary/aromatic N) is 3. The summed E-state index contributed by atoms with van der Waals surface area (Å²) in [4.78, 5) is 7.33. The molecular formula is C21H17ClFN3O2. The maximum Gasteiger partial charge on any atom is 0.308 e. The van der Waals surface area contributed by atoms with Gasteiger partial charge < -0.3 is 14.4 Å². The Balaban J connectivity index is 1.99. The predicted molar refractivity (Wildman–Crippen MR) is 106 cm³/mol. The number of benzene rings is 2. The Kier molecular flexibility index (Phi) is 4.98. The molecule has 1 N–H and O–H groups in total. The van der Waals surface area contributed by atoms with Gasteiger partial charge in [0.25, 0.3) is 0 Å². The monoisotopic (exact) mass is 397 g/mol. The van der Waals surface area contributed by atoms with E-state index in [0.717, 1.165) is 22.0 Å². The maximum absolute atomic E-state index is 13.2. The van der Waals surface area contributed by atoms with E-state index in [1.165, 1.54) is 12.4 Å². The molecule has 0 atom stereocenters. The number of hydrogen-bond acceptors (Lipinski definition) is 4. The molecule has 0 amide bonds. The van der Waals surface area contributed by atoms with E-state index < -0.39 is 6.08 Å². The molecule has 0 saturated carbocycles. The number of halogens is 2. The number of methoxy groups -OCH3 is 1. The zero-order valence-electron chi connectivity index (χ0n) is 15.1. The lowest BCUT2D eigenvalue weighted by Gasteiger charge is -2.12. The summed E-state index contributed by atoms with van der Waals surface area (Å²) in [7, 11) is 1.59. The third kappa shape index (κ3) is 3.21. The molecule has 0 bridgehead atoms. The highest BCUT2D eigenvalue weighted by molar-refractivity contribution is 6.31. The normalized spacial score (nSPS) is 11.1. The van der Waals surface area contributed by atoms with E-state index in [0.29, 0.717) is 28.6 Å². The predicted octanol–water partition coefficient (Wildman–Crippen LogP) is 4.44. The second-order valence-electron chi connectivity index (χ2n) is 6.28. The summed E-state index contributed by atoms with van der Waals surface area (Å²) in [5.41, 5.74) is 3.83. The highest BCUT2D eigenvalue weighted by Crippen LogP contribution is 2.37. The molecule has 28 heavy (non-hydrogen) atoms. The maximum atomic E-state index is 13.2. The average Bonchev–Trinajstić information content (AvgIpc) is 3.02. The van der Waals surface area contributed by atoms with Crippen molar-refractivity contribution in [3.05, 3.63) is 77.2 Å². The fourth-order valence-corrected chi connectivity index (χ4v) is 3.61. The first-order chi connectivity index (χ1) is 13.6. The first-order valence-corrected chi connectivity index (χ1v) is 9.01. The van der Waals surface area contributed by atoms with Gasteiger partial charge in [-0.1, -0.05) is 29.8 Å². The summed E-state index contributed by atoms with van der Waals surface area (Å²) >= 11 is 6.35. The molecule has 142 valence electrons. The van der Waals surface area contributed by atoms with Gasteiger partial charge in [0.05, 0.1) is 19.4 Å². The molecule has 0 aliphatic rings. The standard InChI is InChI=1S/C21H17ClFN3O2/c1-28-15-6-7-18-16(8-15)20(14-9-24-21(23)25-10-14)19(12-27)26(18)11-13-4-2-3-5-17(13)22/h2-10,27H,11-12H2,1H3. The van der Waals surface area contributed by atoms with Crippen molar-refractivity contribution in [1.29, 1.82) is 0 Å². The van der Waals surface area contributed by atoms with E-state index in [2.05, 4.69) is 9.97 Å². The Bertz CT molecular complexity index is 1140. The lowest BCUT2D eigenvalue weighted by Crippen LogP contribution is -2.05. The van der Waals surface area contributed by atoms with Crippen molar-refractivity contribution in [2.24, 2.45) is 0 Å². The van der Waals surface area contributed by atoms with E-state index >= 15 is 0 Å². The van der Waals surface area contributed by atoms with Crippen LogP contribution in [0.5, 0.6) is 5.75 Å². The Morgan fingerprint density at radius 2 is 1.89 bits per heavy atom. The minimum Gasteiger partial charge on any atom is -0.497 e. The van der Waals surface area contributed by atoms with Gasteiger partial charge in [0, 0.05) is 46.0 Å². The molecule has 0 aliphatic heterocycles. The number of aromatic nitrogens is 3. The van der Waals surface area contributed by atoms with E-state index in [1.807, 2.05) is 47.0 Å². The number of ether oxygens (including phenoxy) is 1. The first kappa shape index (κ1) is 18.4. The molecule has 2 heterocycles. The highest BCUT2D eigenvalue weighted by atomic mass is 35.5. The van der Waals surface area contributed by atoms with Gasteiger partial charge >= 0.3 is 6.08 Å². The van der Waals surface area contributed by atoms with Crippen molar-refractivity contribution < 1.29 is 14.2 Å². The highest BCUT2D eigenvalue weighted by Gasteiger charge is 2.20. The Hall–Kier alpha value is -2.96. The van der Waals surface area contributed by atoms with Gasteiger partial charge in [0.2, 0.25) is 0 Å². The van der Waals surface area contributed by atoms with Crippen molar-refractivity contribution in [3.8, 4) is 16.9 Å². The van der Waals surface area contributed by atoms with Gasteiger partial charge in [-0.25, -0.2) is 9.97 Å². The molecule has 7 heteroatoms. The Labute approximate surface area is 166 Å². The molecule has 2 aromatic heterocycles. The van der Waals surface area contributed by atoms with Crippen molar-refractivity contribution in [1.82, 2.24) is 14.5 Å². The minimum atomic E-state index is -0.799. The third-order valence-corrected chi connectivity index (χ3v) is 5.09. The molecule has 0 spiro atoms. The fraction of sp³-hybridized carbons (Fsp3) is 0.143. The Morgan fingerprint density at radius 3 is 2.57 bits per heavy atom. The third-order valence-electron chi connectivity index (χ3n) is 4.72. The topological polar surface area (TPSA) is 60.2 Å². The summed E-state index contributed by atoms with van der Waals surface area (Å²) in [6, 6.07) is 13.2. The van der Waals surface area contributed by atoms with Crippen molar-refractivity contribution >= 4 is 22.5 Å². The SMILES string of the molecule is COc1ccc2c(c1)c(-c1cnc(F)nc1)c(CO)n2Cc1ccccc1Cl. The summed E-state index contributed by atoms with van der Waals surface area (Å²) in [6.07, 6.45) is 2.03. The second-order valence-corrected chi connectivity index (χ2v) is 6.69. The molecule has 4 aromatic rings. The largest absolute Gasteiger partial charge is 0.497 e. The van der Waals surface area contributed by atoms with Crippen LogP contribution in [0.15, 0.2) is 54.9 Å². The van der Waals surface area contributed by atoms with Gasteiger partial charge in [-0.2, -0.15) is 4.39 Å². The van der Waals surface area contributed by atoms with Crippen LogP contribution in [0.25, 0.3) is 22.0 Å². The van der Waals surface area contributed by atoms with Crippen molar-refractivity contribution in [2.75, 3.05) is 7.11 Å². The van der Waals surface area contributed by atoms with E-state index in [1.54, 1.807) is 7.11 Å². The number of rotatable bonds is 5. The molecule has 0 aliphatic carbocycles. The fourth-order valence-electron chi connectivity index (χ4n) is 3.42. The van der Waals surface area contributed by atoms with Gasteiger partial charge in [0.15, 0.2) is 0 Å². The quantitative estimate of drug-likeness (QED) is 0.506. The summed E-state index contributed by atoms with van der Waals surface area (Å²) in [5.74, 6) is 0.677. The van der Waals surface area contributed by atoms with Crippen LogP contribution < -0.4 is 4.74 Å². The zero-order valence-corrected chi connectivity index (χ0v) is 15.8. The van der Waals surface area contributed by atoms with Crippen LogP contribution in [0.4, 0.5) is 4.39 Å². The zero-order chi connectivity index (χ0) is 19.7.